The summed E-state index contributed by atoms with van der Waals surface area (Å²) in [4.78, 5) is 2.51. The Morgan fingerprint density at radius 3 is 2.46 bits per heavy atom. The summed E-state index contributed by atoms with van der Waals surface area (Å²) in [5, 5.41) is 3.68. The van der Waals surface area contributed by atoms with Crippen molar-refractivity contribution < 1.29 is 4.74 Å². The lowest BCUT2D eigenvalue weighted by molar-refractivity contribution is 0.415. The Labute approximate surface area is 143 Å². The highest BCUT2D eigenvalue weighted by atomic mass is 16.5. The largest absolute Gasteiger partial charge is 0.497 e. The maximum atomic E-state index is 5.26. The Kier molecular flexibility index (Phi) is 3.93. The quantitative estimate of drug-likeness (QED) is 0.896. The predicted molar refractivity (Wildman–Crippen MR) is 102 cm³/mol. The van der Waals surface area contributed by atoms with E-state index >= 15 is 0 Å². The second kappa shape index (κ2) is 6.23. The van der Waals surface area contributed by atoms with Gasteiger partial charge in [0.05, 0.1) is 18.5 Å². The van der Waals surface area contributed by atoms with Crippen LogP contribution in [0.1, 0.15) is 29.5 Å². The van der Waals surface area contributed by atoms with Crippen molar-refractivity contribution >= 4 is 23.0 Å². The molecule has 1 saturated heterocycles. The molecule has 0 aliphatic carbocycles. The van der Waals surface area contributed by atoms with Gasteiger partial charge in [-0.25, -0.2) is 0 Å². The number of hydrogen-bond acceptors (Lipinski definition) is 3. The van der Waals surface area contributed by atoms with Crippen molar-refractivity contribution in [2.24, 2.45) is 0 Å². The fourth-order valence-corrected chi connectivity index (χ4v) is 3.70. The monoisotopic (exact) mass is 320 g/mol. The number of fused-ring (bicyclic) bond motifs is 1. The van der Waals surface area contributed by atoms with Crippen molar-refractivity contribution in [3.05, 3.63) is 53.1 Å². The molecule has 2 aliphatic rings. The van der Waals surface area contributed by atoms with Gasteiger partial charge in [0.15, 0.2) is 0 Å². The van der Waals surface area contributed by atoms with E-state index in [1.165, 1.54) is 59.6 Å². The third-order valence-electron chi connectivity index (χ3n) is 5.12. The van der Waals surface area contributed by atoms with Crippen LogP contribution in [0.15, 0.2) is 36.4 Å². The fourth-order valence-electron chi connectivity index (χ4n) is 3.70. The molecule has 124 valence electrons. The van der Waals surface area contributed by atoms with E-state index in [-0.39, 0.29) is 0 Å². The lowest BCUT2D eigenvalue weighted by Crippen LogP contribution is -2.21. The van der Waals surface area contributed by atoms with Crippen molar-refractivity contribution in [2.75, 3.05) is 37.0 Å². The van der Waals surface area contributed by atoms with Gasteiger partial charge in [0.2, 0.25) is 0 Å². The summed E-state index contributed by atoms with van der Waals surface area (Å²) in [5.41, 5.74) is 7.89. The minimum absolute atomic E-state index is 0.865. The van der Waals surface area contributed by atoms with Gasteiger partial charge in [-0.15, -0.1) is 0 Å². The van der Waals surface area contributed by atoms with Crippen molar-refractivity contribution in [2.45, 2.75) is 19.8 Å². The van der Waals surface area contributed by atoms with Crippen LogP contribution in [-0.2, 0) is 0 Å². The number of rotatable bonds is 3. The summed E-state index contributed by atoms with van der Waals surface area (Å²) in [6.45, 7) is 5.41. The van der Waals surface area contributed by atoms with Crippen LogP contribution in [0.2, 0.25) is 0 Å². The molecule has 2 heterocycles. The molecule has 0 amide bonds. The van der Waals surface area contributed by atoms with E-state index in [4.69, 9.17) is 4.74 Å². The maximum absolute atomic E-state index is 5.26. The average molecular weight is 320 g/mol. The predicted octanol–water partition coefficient (Wildman–Crippen LogP) is 4.57. The average Bonchev–Trinajstić information content (AvgIpc) is 3.16. The summed E-state index contributed by atoms with van der Waals surface area (Å²) in [7, 11) is 1.70. The molecule has 3 nitrogen and oxygen atoms in total. The van der Waals surface area contributed by atoms with E-state index < -0.39 is 0 Å². The van der Waals surface area contributed by atoms with Crippen LogP contribution < -0.4 is 15.0 Å². The second-order valence-corrected chi connectivity index (χ2v) is 6.64. The van der Waals surface area contributed by atoms with Crippen LogP contribution in [0.25, 0.3) is 11.6 Å². The van der Waals surface area contributed by atoms with E-state index in [1.54, 1.807) is 7.11 Å². The molecule has 0 unspecified atom stereocenters. The fraction of sp³-hybridized carbons (Fsp3) is 0.333. The van der Waals surface area contributed by atoms with Gasteiger partial charge in [0, 0.05) is 25.2 Å². The van der Waals surface area contributed by atoms with Gasteiger partial charge >= 0.3 is 0 Å². The number of nitrogens with one attached hydrogen (secondary N) is 1. The molecule has 2 aromatic carbocycles. The van der Waals surface area contributed by atoms with Gasteiger partial charge in [0.25, 0.3) is 0 Å². The molecule has 1 N–H and O–H groups in total. The van der Waals surface area contributed by atoms with Crippen molar-refractivity contribution in [3.63, 3.8) is 0 Å². The standard InChI is InChI=1S/C21H24N2O/c1-15-5-10-20(23-11-3-4-12-23)21-19(15)13-17(14-22-21)16-6-8-18(24-2)9-7-16/h5-10,13,22H,3-4,11-12,14H2,1-2H3. The molecule has 1 fully saturated rings. The molecule has 0 saturated carbocycles. The van der Waals surface area contributed by atoms with Crippen molar-refractivity contribution in [1.82, 2.24) is 0 Å². The molecule has 24 heavy (non-hydrogen) atoms. The molecule has 0 radical (unpaired) electrons. The lowest BCUT2D eigenvalue weighted by atomic mass is 9.94. The van der Waals surface area contributed by atoms with E-state index in [0.29, 0.717) is 0 Å². The summed E-state index contributed by atoms with van der Waals surface area (Å²) in [6.07, 6.45) is 4.95. The number of benzene rings is 2. The third kappa shape index (κ3) is 2.64. The zero-order chi connectivity index (χ0) is 16.5. The highest BCUT2D eigenvalue weighted by molar-refractivity contribution is 5.95. The Hall–Kier alpha value is -2.42. The second-order valence-electron chi connectivity index (χ2n) is 6.64. The Balaban J connectivity index is 1.73. The molecule has 2 aliphatic heterocycles. The van der Waals surface area contributed by atoms with E-state index in [1.807, 2.05) is 12.1 Å². The van der Waals surface area contributed by atoms with E-state index in [2.05, 4.69) is 47.5 Å². The molecule has 4 rings (SSSR count). The Morgan fingerprint density at radius 1 is 1.00 bits per heavy atom. The van der Waals surface area contributed by atoms with Gasteiger partial charge in [-0.2, -0.15) is 0 Å². The Bertz CT molecular complexity index is 771. The number of anilines is 2. The minimum atomic E-state index is 0.865. The van der Waals surface area contributed by atoms with Gasteiger partial charge < -0.3 is 15.0 Å². The van der Waals surface area contributed by atoms with Crippen LogP contribution in [0.4, 0.5) is 11.4 Å². The number of methoxy groups -OCH3 is 1. The van der Waals surface area contributed by atoms with Crippen molar-refractivity contribution in [1.29, 1.82) is 0 Å². The minimum Gasteiger partial charge on any atom is -0.497 e. The number of hydrogen-bond donors (Lipinski definition) is 1. The molecule has 0 bridgehead atoms. The SMILES string of the molecule is COc1ccc(C2=Cc3c(C)ccc(N4CCCC4)c3NC2)cc1. The number of ether oxygens (including phenoxy) is 1. The zero-order valence-corrected chi connectivity index (χ0v) is 14.4. The zero-order valence-electron chi connectivity index (χ0n) is 14.4. The molecule has 0 aromatic heterocycles. The normalized spacial score (nSPS) is 16.4. The third-order valence-corrected chi connectivity index (χ3v) is 5.12. The van der Waals surface area contributed by atoms with Crippen LogP contribution in [-0.4, -0.2) is 26.7 Å². The highest BCUT2D eigenvalue weighted by Crippen LogP contribution is 2.39. The molecule has 2 aromatic rings. The highest BCUT2D eigenvalue weighted by Gasteiger charge is 2.21. The van der Waals surface area contributed by atoms with Crippen LogP contribution in [0, 0.1) is 6.92 Å². The van der Waals surface area contributed by atoms with Gasteiger partial charge in [-0.3, -0.25) is 0 Å². The van der Waals surface area contributed by atoms with Gasteiger partial charge in [-0.05, 0) is 60.7 Å². The van der Waals surface area contributed by atoms with E-state index in [9.17, 15) is 0 Å². The van der Waals surface area contributed by atoms with E-state index in [0.717, 1.165) is 12.3 Å². The van der Waals surface area contributed by atoms with Crippen LogP contribution in [0.3, 0.4) is 0 Å². The first-order chi connectivity index (χ1) is 11.8. The summed E-state index contributed by atoms with van der Waals surface area (Å²) >= 11 is 0. The molecule has 3 heteroatoms. The first kappa shape index (κ1) is 15.1. The molecular weight excluding hydrogens is 296 g/mol. The van der Waals surface area contributed by atoms with Crippen LogP contribution >= 0.6 is 0 Å². The first-order valence-corrected chi connectivity index (χ1v) is 8.73. The summed E-state index contributed by atoms with van der Waals surface area (Å²) < 4.78 is 5.26. The smallest absolute Gasteiger partial charge is 0.118 e. The summed E-state index contributed by atoms with van der Waals surface area (Å²) in [6, 6.07) is 12.9. The van der Waals surface area contributed by atoms with Crippen LogP contribution in [0.5, 0.6) is 5.75 Å². The Morgan fingerprint density at radius 2 is 1.75 bits per heavy atom. The first-order valence-electron chi connectivity index (χ1n) is 8.73. The number of aryl methyl sites for hydroxylation is 1. The van der Waals surface area contributed by atoms with Gasteiger partial charge in [-0.1, -0.05) is 18.2 Å². The van der Waals surface area contributed by atoms with Crippen molar-refractivity contribution in [3.8, 4) is 5.75 Å². The summed E-state index contributed by atoms with van der Waals surface area (Å²) in [5.74, 6) is 0.899. The maximum Gasteiger partial charge on any atom is 0.118 e. The lowest BCUT2D eigenvalue weighted by Gasteiger charge is -2.28. The molecule has 0 spiro atoms. The number of nitrogens with zero attached hydrogens (tertiary/aromatic N) is 1. The molecular formula is C21H24N2O. The van der Waals surface area contributed by atoms with Gasteiger partial charge in [0.1, 0.15) is 5.75 Å². The topological polar surface area (TPSA) is 24.5 Å². The molecule has 0 atom stereocenters.